The van der Waals surface area contributed by atoms with Gasteiger partial charge in [0.15, 0.2) is 0 Å². The maximum atomic E-state index is 12.7. The lowest BCUT2D eigenvalue weighted by Crippen LogP contribution is -2.26. The summed E-state index contributed by atoms with van der Waals surface area (Å²) < 4.78 is 0. The van der Waals surface area contributed by atoms with Gasteiger partial charge in [-0.2, -0.15) is 0 Å². The van der Waals surface area contributed by atoms with Crippen LogP contribution in [-0.4, -0.2) is 22.9 Å². The molecule has 3 aromatic carbocycles. The first-order valence-electron chi connectivity index (χ1n) is 8.02. The summed E-state index contributed by atoms with van der Waals surface area (Å²) in [6.45, 7) is 0. The number of hydrogen-bond donors (Lipinski definition) is 2. The Morgan fingerprint density at radius 3 is 2.62 bits per heavy atom. The van der Waals surface area contributed by atoms with Crippen LogP contribution in [0.3, 0.4) is 0 Å². The third-order valence-electron chi connectivity index (χ3n) is 4.32. The van der Waals surface area contributed by atoms with Crippen molar-refractivity contribution in [2.75, 3.05) is 10.2 Å². The minimum atomic E-state index is -1.08. The smallest absolute Gasteiger partial charge is 0.335 e. The maximum Gasteiger partial charge on any atom is 0.335 e. The standard InChI is InChI=1S/C20H14N2O4/c23-17-11-18(24)22(14-6-3-5-13(10-14)20(25)26)16-9-8-12-4-1-2-7-15(12)19(16)21-17/h1-10H,11H2,(H,21,23)(H,25,26). The molecule has 6 nitrogen and oxygen atoms in total. The minimum absolute atomic E-state index is 0.0705. The van der Waals surface area contributed by atoms with Crippen molar-refractivity contribution in [1.82, 2.24) is 0 Å². The first-order valence-corrected chi connectivity index (χ1v) is 8.02. The Bertz CT molecular complexity index is 1070. The van der Waals surface area contributed by atoms with E-state index in [1.807, 2.05) is 30.3 Å². The zero-order valence-electron chi connectivity index (χ0n) is 13.6. The molecule has 4 rings (SSSR count). The molecule has 3 aromatic rings. The summed E-state index contributed by atoms with van der Waals surface area (Å²) in [5, 5.41) is 13.8. The molecule has 0 atom stereocenters. The van der Waals surface area contributed by atoms with Crippen molar-refractivity contribution < 1.29 is 19.5 Å². The molecule has 2 N–H and O–H groups in total. The molecule has 0 aromatic heterocycles. The van der Waals surface area contributed by atoms with Crippen LogP contribution in [0.5, 0.6) is 0 Å². The van der Waals surface area contributed by atoms with Crippen molar-refractivity contribution in [3.63, 3.8) is 0 Å². The van der Waals surface area contributed by atoms with Crippen molar-refractivity contribution in [1.29, 1.82) is 0 Å². The predicted molar refractivity (Wildman–Crippen MR) is 97.7 cm³/mol. The molecular formula is C20H14N2O4. The van der Waals surface area contributed by atoms with Gasteiger partial charge in [0.25, 0.3) is 0 Å². The number of fused-ring (bicyclic) bond motifs is 3. The largest absolute Gasteiger partial charge is 0.478 e. The summed E-state index contributed by atoms with van der Waals surface area (Å²) >= 11 is 0. The Labute approximate surface area is 148 Å². The molecule has 6 heteroatoms. The van der Waals surface area contributed by atoms with Gasteiger partial charge < -0.3 is 10.4 Å². The summed E-state index contributed by atoms with van der Waals surface area (Å²) in [5.41, 5.74) is 1.53. The highest BCUT2D eigenvalue weighted by Gasteiger charge is 2.29. The van der Waals surface area contributed by atoms with Gasteiger partial charge in [0.2, 0.25) is 11.8 Å². The lowest BCUT2D eigenvalue weighted by atomic mass is 10.1. The molecule has 128 valence electrons. The fraction of sp³-hybridized carbons (Fsp3) is 0.0500. The molecule has 0 fully saturated rings. The van der Waals surface area contributed by atoms with E-state index in [1.165, 1.54) is 17.0 Å². The average Bonchev–Trinajstić information content (AvgIpc) is 2.76. The lowest BCUT2D eigenvalue weighted by Gasteiger charge is -2.23. The van der Waals surface area contributed by atoms with Gasteiger partial charge in [-0.15, -0.1) is 0 Å². The van der Waals surface area contributed by atoms with Gasteiger partial charge in [-0.1, -0.05) is 36.4 Å². The molecule has 0 saturated heterocycles. The number of carboxylic acid groups (broad SMARTS) is 1. The number of aromatic carboxylic acids is 1. The number of carbonyl (C=O) groups is 3. The first-order chi connectivity index (χ1) is 12.5. The minimum Gasteiger partial charge on any atom is -0.478 e. The highest BCUT2D eigenvalue weighted by Crippen LogP contribution is 2.40. The zero-order valence-corrected chi connectivity index (χ0v) is 13.6. The van der Waals surface area contributed by atoms with Gasteiger partial charge in [0.1, 0.15) is 6.42 Å². The fourth-order valence-corrected chi connectivity index (χ4v) is 3.17. The van der Waals surface area contributed by atoms with Crippen LogP contribution in [0.1, 0.15) is 16.8 Å². The first kappa shape index (κ1) is 15.8. The highest BCUT2D eigenvalue weighted by molar-refractivity contribution is 6.21. The number of amides is 2. The van der Waals surface area contributed by atoms with Crippen LogP contribution in [0.2, 0.25) is 0 Å². The van der Waals surface area contributed by atoms with Gasteiger partial charge >= 0.3 is 5.97 Å². The molecule has 0 unspecified atom stereocenters. The Morgan fingerprint density at radius 1 is 1.00 bits per heavy atom. The summed E-state index contributed by atoms with van der Waals surface area (Å²) in [7, 11) is 0. The SMILES string of the molecule is O=C1CC(=O)N(c2cccc(C(=O)O)c2)c2ccc3ccccc3c2N1. The molecule has 0 bridgehead atoms. The van der Waals surface area contributed by atoms with E-state index in [0.717, 1.165) is 10.8 Å². The van der Waals surface area contributed by atoms with Crippen LogP contribution in [0.25, 0.3) is 10.8 Å². The van der Waals surface area contributed by atoms with Gasteiger partial charge in [-0.25, -0.2) is 4.79 Å². The summed E-state index contributed by atoms with van der Waals surface area (Å²) in [4.78, 5) is 37.6. The molecule has 0 radical (unpaired) electrons. The quantitative estimate of drug-likeness (QED) is 0.695. The number of nitrogens with one attached hydrogen (secondary N) is 1. The second-order valence-electron chi connectivity index (χ2n) is 5.99. The van der Waals surface area contributed by atoms with E-state index < -0.39 is 17.8 Å². The molecule has 1 aliphatic rings. The monoisotopic (exact) mass is 346 g/mol. The second kappa shape index (κ2) is 6.00. The van der Waals surface area contributed by atoms with Gasteiger partial charge in [0.05, 0.1) is 16.9 Å². The van der Waals surface area contributed by atoms with Crippen LogP contribution < -0.4 is 10.2 Å². The molecule has 26 heavy (non-hydrogen) atoms. The Hall–Kier alpha value is -3.67. The number of hydrogen-bond acceptors (Lipinski definition) is 3. The molecule has 2 amide bonds. The number of carbonyl (C=O) groups excluding carboxylic acids is 2. The number of nitrogens with zero attached hydrogens (tertiary/aromatic N) is 1. The molecular weight excluding hydrogens is 332 g/mol. The van der Waals surface area contributed by atoms with Crippen molar-refractivity contribution in [2.45, 2.75) is 6.42 Å². The number of anilines is 3. The lowest BCUT2D eigenvalue weighted by molar-refractivity contribution is -0.124. The van der Waals surface area contributed by atoms with Crippen LogP contribution in [0.4, 0.5) is 17.1 Å². The molecule has 1 heterocycles. The zero-order chi connectivity index (χ0) is 18.3. The fourth-order valence-electron chi connectivity index (χ4n) is 3.17. The van der Waals surface area contributed by atoms with E-state index in [1.54, 1.807) is 18.2 Å². The van der Waals surface area contributed by atoms with Crippen LogP contribution in [-0.2, 0) is 9.59 Å². The third kappa shape index (κ3) is 2.57. The van der Waals surface area contributed by atoms with Crippen molar-refractivity contribution in [3.05, 3.63) is 66.2 Å². The average molecular weight is 346 g/mol. The van der Waals surface area contributed by atoms with E-state index >= 15 is 0 Å². The Kier molecular flexibility index (Phi) is 3.65. The van der Waals surface area contributed by atoms with Gasteiger partial charge in [0, 0.05) is 11.1 Å². The number of carboxylic acids is 1. The van der Waals surface area contributed by atoms with Gasteiger partial charge in [-0.3, -0.25) is 14.5 Å². The molecule has 1 aliphatic heterocycles. The van der Waals surface area contributed by atoms with E-state index in [9.17, 15) is 19.5 Å². The third-order valence-corrected chi connectivity index (χ3v) is 4.32. The van der Waals surface area contributed by atoms with Crippen molar-refractivity contribution >= 4 is 45.6 Å². The second-order valence-corrected chi connectivity index (χ2v) is 5.99. The number of benzene rings is 3. The van der Waals surface area contributed by atoms with Crippen LogP contribution in [0, 0.1) is 0 Å². The summed E-state index contributed by atoms with van der Waals surface area (Å²) in [6.07, 6.45) is -0.319. The van der Waals surface area contributed by atoms with Crippen molar-refractivity contribution in [3.8, 4) is 0 Å². The topological polar surface area (TPSA) is 86.7 Å². The van der Waals surface area contributed by atoms with Crippen molar-refractivity contribution in [2.24, 2.45) is 0 Å². The van der Waals surface area contributed by atoms with E-state index in [-0.39, 0.29) is 12.0 Å². The molecule has 0 saturated carbocycles. The maximum absolute atomic E-state index is 12.7. The molecule has 0 spiro atoms. The predicted octanol–water partition coefficient (Wildman–Crippen LogP) is 3.54. The summed E-state index contributed by atoms with van der Waals surface area (Å²) in [5.74, 6) is -1.90. The normalized spacial score (nSPS) is 13.9. The van der Waals surface area contributed by atoms with E-state index in [2.05, 4.69) is 5.32 Å². The summed E-state index contributed by atoms with van der Waals surface area (Å²) in [6, 6.07) is 17.3. The number of rotatable bonds is 2. The molecule has 0 aliphatic carbocycles. The Morgan fingerprint density at radius 2 is 1.81 bits per heavy atom. The van der Waals surface area contributed by atoms with E-state index in [0.29, 0.717) is 17.1 Å². The Balaban J connectivity index is 1.97. The highest BCUT2D eigenvalue weighted by atomic mass is 16.4. The van der Waals surface area contributed by atoms with E-state index in [4.69, 9.17) is 0 Å². The van der Waals surface area contributed by atoms with Crippen LogP contribution in [0.15, 0.2) is 60.7 Å². The van der Waals surface area contributed by atoms with Gasteiger partial charge in [-0.05, 0) is 29.7 Å². The van der Waals surface area contributed by atoms with Crippen LogP contribution >= 0.6 is 0 Å².